The molecule has 0 saturated carbocycles. The quantitative estimate of drug-likeness (QED) is 0.893. The second-order valence-corrected chi connectivity index (χ2v) is 6.59. The zero-order chi connectivity index (χ0) is 17.9. The molecule has 2 aliphatic rings. The first-order valence-corrected chi connectivity index (χ1v) is 9.10. The Kier molecular flexibility index (Phi) is 4.94. The maximum Gasteiger partial charge on any atom is 0.420 e. The Hall–Kier alpha value is -2.32. The summed E-state index contributed by atoms with van der Waals surface area (Å²) in [6, 6.07) is 7.06. The van der Waals surface area contributed by atoms with E-state index in [1.165, 1.54) is 4.57 Å². The topological polar surface area (TPSA) is 85.9 Å². The van der Waals surface area contributed by atoms with Crippen molar-refractivity contribution in [2.45, 2.75) is 38.1 Å². The lowest BCUT2D eigenvalue weighted by molar-refractivity contribution is -0.0983. The van der Waals surface area contributed by atoms with Gasteiger partial charge in [0.25, 0.3) is 0 Å². The third-order valence-electron chi connectivity index (χ3n) is 4.96. The van der Waals surface area contributed by atoms with Crippen LogP contribution in [0.5, 0.6) is 0 Å². The minimum atomic E-state index is -0.413. The molecular formula is C18H23N3O5. The van der Waals surface area contributed by atoms with E-state index in [-0.39, 0.29) is 18.4 Å². The highest BCUT2D eigenvalue weighted by Gasteiger charge is 2.36. The molecular weight excluding hydrogens is 338 g/mol. The van der Waals surface area contributed by atoms with Crippen LogP contribution in [0.2, 0.25) is 0 Å². The smallest absolute Gasteiger partial charge is 0.408 e. The number of aromatic nitrogens is 1. The SMILES string of the molecule is O=C(NCCn1c(=O)oc2ccccc21)N1CCCC[C@H]1C1OCCO1. The summed E-state index contributed by atoms with van der Waals surface area (Å²) >= 11 is 0. The zero-order valence-electron chi connectivity index (χ0n) is 14.6. The van der Waals surface area contributed by atoms with Crippen molar-refractivity contribution in [2.24, 2.45) is 0 Å². The molecule has 0 bridgehead atoms. The average Bonchev–Trinajstić information content (AvgIpc) is 3.30. The standard InChI is InChI=1S/C18H23N3O5/c22-17(20-9-4-3-6-14(20)16-24-11-12-25-16)19-8-10-21-13-5-1-2-7-15(13)26-18(21)23/h1-2,5,7,14,16H,3-4,6,8-12H2,(H,19,22)/t14-/m0/s1. The maximum absolute atomic E-state index is 12.6. The lowest BCUT2D eigenvalue weighted by Gasteiger charge is -2.37. The van der Waals surface area contributed by atoms with Crippen LogP contribution in [0, 0.1) is 0 Å². The highest BCUT2D eigenvalue weighted by atomic mass is 16.7. The minimum absolute atomic E-state index is 0.0521. The number of carbonyl (C=O) groups excluding carboxylic acids is 1. The van der Waals surface area contributed by atoms with E-state index in [0.717, 1.165) is 24.8 Å². The van der Waals surface area contributed by atoms with Gasteiger partial charge in [-0.2, -0.15) is 0 Å². The van der Waals surface area contributed by atoms with Crippen LogP contribution in [0.25, 0.3) is 11.1 Å². The molecule has 4 rings (SSSR count). The Morgan fingerprint density at radius 3 is 2.85 bits per heavy atom. The summed E-state index contributed by atoms with van der Waals surface area (Å²) in [4.78, 5) is 26.4. The molecule has 2 aliphatic heterocycles. The molecule has 2 saturated heterocycles. The summed E-state index contributed by atoms with van der Waals surface area (Å²) in [5, 5.41) is 2.91. The first-order valence-electron chi connectivity index (χ1n) is 9.10. The van der Waals surface area contributed by atoms with Crippen LogP contribution >= 0.6 is 0 Å². The lowest BCUT2D eigenvalue weighted by atomic mass is 10.0. The Labute approximate surface area is 150 Å². The number of hydrogen-bond acceptors (Lipinski definition) is 5. The first kappa shape index (κ1) is 17.1. The van der Waals surface area contributed by atoms with Crippen LogP contribution in [0.15, 0.2) is 33.5 Å². The number of carbonyl (C=O) groups is 1. The van der Waals surface area contributed by atoms with Crippen molar-refractivity contribution in [1.29, 1.82) is 0 Å². The first-order chi connectivity index (χ1) is 12.7. The number of piperidine rings is 1. The Bertz CT molecular complexity index is 824. The normalized spacial score (nSPS) is 21.4. The van der Waals surface area contributed by atoms with Gasteiger partial charge in [-0.1, -0.05) is 12.1 Å². The number of amides is 2. The predicted octanol–water partition coefficient (Wildman–Crippen LogP) is 1.53. The van der Waals surface area contributed by atoms with Gasteiger partial charge in [-0.05, 0) is 31.4 Å². The van der Waals surface area contributed by atoms with E-state index in [0.29, 0.717) is 38.4 Å². The molecule has 2 fully saturated rings. The van der Waals surface area contributed by atoms with Gasteiger partial charge in [0.15, 0.2) is 11.9 Å². The van der Waals surface area contributed by atoms with Gasteiger partial charge in [-0.25, -0.2) is 9.59 Å². The van der Waals surface area contributed by atoms with E-state index in [9.17, 15) is 9.59 Å². The molecule has 0 unspecified atom stereocenters. The number of nitrogens with one attached hydrogen (secondary N) is 1. The Morgan fingerprint density at radius 2 is 2.00 bits per heavy atom. The number of likely N-dealkylation sites (tertiary alicyclic amines) is 1. The second-order valence-electron chi connectivity index (χ2n) is 6.59. The molecule has 3 heterocycles. The summed E-state index contributed by atoms with van der Waals surface area (Å²) in [7, 11) is 0. The van der Waals surface area contributed by atoms with E-state index in [4.69, 9.17) is 13.9 Å². The van der Waals surface area contributed by atoms with Gasteiger partial charge in [0.05, 0.1) is 24.8 Å². The van der Waals surface area contributed by atoms with Gasteiger partial charge < -0.3 is 24.1 Å². The molecule has 0 radical (unpaired) electrons. The molecule has 140 valence electrons. The summed E-state index contributed by atoms with van der Waals surface area (Å²) in [5.74, 6) is -0.413. The fraction of sp³-hybridized carbons (Fsp3) is 0.556. The van der Waals surface area contributed by atoms with Crippen molar-refractivity contribution in [3.63, 3.8) is 0 Å². The third kappa shape index (κ3) is 3.34. The molecule has 8 nitrogen and oxygen atoms in total. The molecule has 0 aliphatic carbocycles. The summed E-state index contributed by atoms with van der Waals surface area (Å²) in [6.07, 6.45) is 2.59. The van der Waals surface area contributed by atoms with Gasteiger partial charge in [0.2, 0.25) is 0 Å². The number of rotatable bonds is 4. The number of urea groups is 1. The fourth-order valence-corrected chi connectivity index (χ4v) is 3.69. The minimum Gasteiger partial charge on any atom is -0.408 e. The monoisotopic (exact) mass is 361 g/mol. The lowest BCUT2D eigenvalue weighted by Crippen LogP contribution is -2.53. The number of benzene rings is 1. The molecule has 1 aromatic carbocycles. The summed E-state index contributed by atoms with van der Waals surface area (Å²) in [6.45, 7) is 2.54. The molecule has 2 amide bonds. The van der Waals surface area contributed by atoms with Gasteiger partial charge in [-0.3, -0.25) is 4.57 Å². The third-order valence-corrected chi connectivity index (χ3v) is 4.96. The highest BCUT2D eigenvalue weighted by molar-refractivity contribution is 5.75. The van der Waals surface area contributed by atoms with Crippen molar-refractivity contribution < 1.29 is 18.7 Å². The molecule has 8 heteroatoms. The van der Waals surface area contributed by atoms with Crippen LogP contribution in [-0.2, 0) is 16.0 Å². The fourth-order valence-electron chi connectivity index (χ4n) is 3.69. The van der Waals surface area contributed by atoms with Gasteiger partial charge in [0, 0.05) is 19.6 Å². The van der Waals surface area contributed by atoms with Crippen molar-refractivity contribution in [3.8, 4) is 0 Å². The number of oxazole rings is 1. The Balaban J connectivity index is 1.38. The molecule has 1 aromatic heterocycles. The van der Waals surface area contributed by atoms with Crippen LogP contribution in [0.1, 0.15) is 19.3 Å². The maximum atomic E-state index is 12.6. The molecule has 2 aromatic rings. The van der Waals surface area contributed by atoms with Crippen molar-refractivity contribution >= 4 is 17.1 Å². The van der Waals surface area contributed by atoms with E-state index in [2.05, 4.69) is 5.32 Å². The van der Waals surface area contributed by atoms with Crippen LogP contribution in [0.3, 0.4) is 0 Å². The van der Waals surface area contributed by atoms with Crippen molar-refractivity contribution in [3.05, 3.63) is 34.8 Å². The van der Waals surface area contributed by atoms with E-state index in [1.807, 2.05) is 18.2 Å². The number of ether oxygens (including phenoxy) is 2. The molecule has 26 heavy (non-hydrogen) atoms. The zero-order valence-corrected chi connectivity index (χ0v) is 14.6. The number of para-hydroxylation sites is 2. The predicted molar refractivity (Wildman–Crippen MR) is 93.9 cm³/mol. The second kappa shape index (κ2) is 7.51. The van der Waals surface area contributed by atoms with Gasteiger partial charge >= 0.3 is 11.8 Å². The van der Waals surface area contributed by atoms with Crippen molar-refractivity contribution in [2.75, 3.05) is 26.3 Å². The number of hydrogen-bond donors (Lipinski definition) is 1. The van der Waals surface area contributed by atoms with Gasteiger partial charge in [-0.15, -0.1) is 0 Å². The molecule has 1 atom stereocenters. The van der Waals surface area contributed by atoms with Crippen LogP contribution in [-0.4, -0.2) is 54.1 Å². The van der Waals surface area contributed by atoms with Crippen LogP contribution < -0.4 is 11.1 Å². The summed E-state index contributed by atoms with van der Waals surface area (Å²) in [5.41, 5.74) is 1.28. The van der Waals surface area contributed by atoms with E-state index < -0.39 is 5.76 Å². The highest BCUT2D eigenvalue weighted by Crippen LogP contribution is 2.24. The number of fused-ring (bicyclic) bond motifs is 1. The largest absolute Gasteiger partial charge is 0.420 e. The molecule has 0 spiro atoms. The van der Waals surface area contributed by atoms with E-state index in [1.54, 1.807) is 11.0 Å². The molecule has 1 N–H and O–H groups in total. The van der Waals surface area contributed by atoms with E-state index >= 15 is 0 Å². The Morgan fingerprint density at radius 1 is 1.19 bits per heavy atom. The van der Waals surface area contributed by atoms with Crippen molar-refractivity contribution in [1.82, 2.24) is 14.8 Å². The number of nitrogens with zero attached hydrogens (tertiary/aromatic N) is 2. The van der Waals surface area contributed by atoms with Gasteiger partial charge in [0.1, 0.15) is 0 Å². The summed E-state index contributed by atoms with van der Waals surface area (Å²) < 4.78 is 17.9. The van der Waals surface area contributed by atoms with Crippen LogP contribution in [0.4, 0.5) is 4.79 Å². The average molecular weight is 361 g/mol.